The summed E-state index contributed by atoms with van der Waals surface area (Å²) in [5.41, 5.74) is 4.57. The van der Waals surface area contributed by atoms with Crippen molar-refractivity contribution in [2.75, 3.05) is 11.9 Å². The van der Waals surface area contributed by atoms with E-state index < -0.39 is 0 Å². The summed E-state index contributed by atoms with van der Waals surface area (Å²) in [6, 6.07) is 4.94. The summed E-state index contributed by atoms with van der Waals surface area (Å²) >= 11 is 0. The fourth-order valence-corrected chi connectivity index (χ4v) is 3.78. The highest BCUT2D eigenvalue weighted by Gasteiger charge is 2.35. The minimum Gasteiger partial charge on any atom is -0.323 e. The van der Waals surface area contributed by atoms with Crippen molar-refractivity contribution < 1.29 is 9.69 Å². The SMILES string of the molecule is CC[C@@H](C)[NH+]1CCCC[C@@H]1C(=O)Nc1c(C)cc(C)cc1C. The number of anilines is 1. The zero-order valence-corrected chi connectivity index (χ0v) is 14.8. The van der Waals surface area contributed by atoms with Gasteiger partial charge in [0.05, 0.1) is 12.6 Å². The largest absolute Gasteiger partial charge is 0.323 e. The minimum absolute atomic E-state index is 0.101. The monoisotopic (exact) mass is 303 g/mol. The topological polar surface area (TPSA) is 33.5 Å². The summed E-state index contributed by atoms with van der Waals surface area (Å²) < 4.78 is 0. The molecule has 2 N–H and O–H groups in total. The molecule has 1 heterocycles. The minimum atomic E-state index is 0.101. The van der Waals surface area contributed by atoms with E-state index in [2.05, 4.69) is 52.1 Å². The molecule has 2 rings (SSSR count). The lowest BCUT2D eigenvalue weighted by Crippen LogP contribution is -3.20. The Labute approximate surface area is 135 Å². The summed E-state index contributed by atoms with van der Waals surface area (Å²) in [5.74, 6) is 0.199. The molecule has 122 valence electrons. The third-order valence-electron chi connectivity index (χ3n) is 5.14. The van der Waals surface area contributed by atoms with Crippen LogP contribution in [0.2, 0.25) is 0 Å². The Kier molecular flexibility index (Phi) is 5.63. The van der Waals surface area contributed by atoms with Crippen LogP contribution in [-0.2, 0) is 4.79 Å². The maximum atomic E-state index is 12.9. The molecule has 1 fully saturated rings. The van der Waals surface area contributed by atoms with Crippen LogP contribution in [0, 0.1) is 20.8 Å². The smallest absolute Gasteiger partial charge is 0.282 e. The van der Waals surface area contributed by atoms with Crippen LogP contribution in [0.1, 0.15) is 56.2 Å². The van der Waals surface area contributed by atoms with E-state index in [0.717, 1.165) is 36.2 Å². The van der Waals surface area contributed by atoms with Gasteiger partial charge in [-0.1, -0.05) is 24.6 Å². The Balaban J connectivity index is 2.17. The number of rotatable bonds is 4. The molecule has 0 bridgehead atoms. The van der Waals surface area contributed by atoms with Crippen molar-refractivity contribution in [3.8, 4) is 0 Å². The quantitative estimate of drug-likeness (QED) is 0.881. The molecule has 0 radical (unpaired) electrons. The molecule has 0 saturated carbocycles. The average Bonchev–Trinajstić information content (AvgIpc) is 2.49. The molecule has 3 heteroatoms. The van der Waals surface area contributed by atoms with E-state index in [0.29, 0.717) is 6.04 Å². The predicted octanol–water partition coefficient (Wildman–Crippen LogP) is 2.79. The summed E-state index contributed by atoms with van der Waals surface area (Å²) in [6.45, 7) is 11.9. The summed E-state index contributed by atoms with van der Waals surface area (Å²) in [7, 11) is 0. The van der Waals surface area contributed by atoms with Gasteiger partial charge in [-0.15, -0.1) is 0 Å². The Morgan fingerprint density at radius 3 is 2.50 bits per heavy atom. The van der Waals surface area contributed by atoms with Gasteiger partial charge in [0.25, 0.3) is 5.91 Å². The normalized spacial score (nSPS) is 23.1. The van der Waals surface area contributed by atoms with E-state index in [9.17, 15) is 4.79 Å². The van der Waals surface area contributed by atoms with E-state index in [1.807, 2.05) is 0 Å². The van der Waals surface area contributed by atoms with Crippen LogP contribution in [0.4, 0.5) is 5.69 Å². The molecule has 1 unspecified atom stereocenters. The van der Waals surface area contributed by atoms with Gasteiger partial charge in [0, 0.05) is 12.1 Å². The number of amides is 1. The molecule has 0 spiro atoms. The Hall–Kier alpha value is -1.35. The highest BCUT2D eigenvalue weighted by molar-refractivity contribution is 5.95. The number of aryl methyl sites for hydroxylation is 3. The zero-order chi connectivity index (χ0) is 16.3. The van der Waals surface area contributed by atoms with E-state index in [1.165, 1.54) is 23.3 Å². The molecule has 1 aromatic rings. The van der Waals surface area contributed by atoms with Crippen LogP contribution in [0.25, 0.3) is 0 Å². The molecule has 3 atom stereocenters. The summed E-state index contributed by atoms with van der Waals surface area (Å²) in [5, 5.41) is 3.22. The van der Waals surface area contributed by atoms with Gasteiger partial charge in [-0.25, -0.2) is 0 Å². The van der Waals surface area contributed by atoms with Gasteiger partial charge in [0.2, 0.25) is 0 Å². The van der Waals surface area contributed by atoms with Gasteiger partial charge in [-0.2, -0.15) is 0 Å². The Morgan fingerprint density at radius 1 is 1.27 bits per heavy atom. The Bertz CT molecular complexity index is 515. The zero-order valence-electron chi connectivity index (χ0n) is 14.8. The lowest BCUT2D eigenvalue weighted by molar-refractivity contribution is -0.943. The van der Waals surface area contributed by atoms with Crippen molar-refractivity contribution in [2.45, 2.75) is 72.4 Å². The highest BCUT2D eigenvalue weighted by atomic mass is 16.2. The van der Waals surface area contributed by atoms with Crippen molar-refractivity contribution in [3.05, 3.63) is 28.8 Å². The lowest BCUT2D eigenvalue weighted by atomic mass is 9.98. The molecule has 0 aromatic heterocycles. The lowest BCUT2D eigenvalue weighted by Gasteiger charge is -2.35. The second-order valence-corrected chi connectivity index (χ2v) is 6.95. The van der Waals surface area contributed by atoms with Crippen molar-refractivity contribution in [2.24, 2.45) is 0 Å². The number of carbonyl (C=O) groups excluding carboxylic acids is 1. The predicted molar refractivity (Wildman–Crippen MR) is 92.5 cm³/mol. The standard InChI is InChI=1S/C19H30N2O/c1-6-16(5)21-10-8-7-9-17(21)19(22)20-18-14(3)11-13(2)12-15(18)4/h11-12,16-17H,6-10H2,1-5H3,(H,20,22)/p+1/t16-,17-/m1/s1. The number of piperidine rings is 1. The van der Waals surface area contributed by atoms with Gasteiger partial charge in [-0.3, -0.25) is 4.79 Å². The number of benzene rings is 1. The van der Waals surface area contributed by atoms with Crippen molar-refractivity contribution in [1.82, 2.24) is 0 Å². The molecule has 1 aromatic carbocycles. The van der Waals surface area contributed by atoms with Crippen LogP contribution < -0.4 is 10.2 Å². The summed E-state index contributed by atoms with van der Waals surface area (Å²) in [6.07, 6.45) is 4.55. The fourth-order valence-electron chi connectivity index (χ4n) is 3.78. The number of likely N-dealkylation sites (tertiary alicyclic amines) is 1. The van der Waals surface area contributed by atoms with E-state index in [4.69, 9.17) is 0 Å². The molecule has 22 heavy (non-hydrogen) atoms. The van der Waals surface area contributed by atoms with Gasteiger partial charge in [-0.05, 0) is 58.1 Å². The van der Waals surface area contributed by atoms with Gasteiger partial charge in [0.1, 0.15) is 0 Å². The first-order valence-corrected chi connectivity index (χ1v) is 8.68. The third kappa shape index (κ3) is 3.70. The maximum Gasteiger partial charge on any atom is 0.282 e. The van der Waals surface area contributed by atoms with Crippen molar-refractivity contribution in [3.63, 3.8) is 0 Å². The number of quaternary nitrogens is 1. The van der Waals surface area contributed by atoms with Gasteiger partial charge < -0.3 is 10.2 Å². The van der Waals surface area contributed by atoms with Crippen molar-refractivity contribution >= 4 is 11.6 Å². The number of hydrogen-bond acceptors (Lipinski definition) is 1. The van der Waals surface area contributed by atoms with Crippen LogP contribution in [-0.4, -0.2) is 24.5 Å². The molecular formula is C19H31N2O+. The molecule has 3 nitrogen and oxygen atoms in total. The van der Waals surface area contributed by atoms with E-state index in [-0.39, 0.29) is 11.9 Å². The molecule has 0 aliphatic carbocycles. The van der Waals surface area contributed by atoms with Crippen LogP contribution in [0.5, 0.6) is 0 Å². The average molecular weight is 303 g/mol. The first-order chi connectivity index (χ1) is 10.4. The first kappa shape index (κ1) is 17.0. The molecular weight excluding hydrogens is 272 g/mol. The second-order valence-electron chi connectivity index (χ2n) is 6.95. The highest BCUT2D eigenvalue weighted by Crippen LogP contribution is 2.22. The molecule has 1 aliphatic heterocycles. The Morgan fingerprint density at radius 2 is 1.91 bits per heavy atom. The maximum absolute atomic E-state index is 12.9. The number of carbonyl (C=O) groups is 1. The molecule has 1 saturated heterocycles. The van der Waals surface area contributed by atoms with Gasteiger partial charge in [0.15, 0.2) is 6.04 Å². The van der Waals surface area contributed by atoms with Crippen LogP contribution in [0.15, 0.2) is 12.1 Å². The first-order valence-electron chi connectivity index (χ1n) is 8.68. The third-order valence-corrected chi connectivity index (χ3v) is 5.14. The van der Waals surface area contributed by atoms with E-state index in [1.54, 1.807) is 0 Å². The summed E-state index contributed by atoms with van der Waals surface area (Å²) in [4.78, 5) is 14.3. The number of nitrogens with one attached hydrogen (secondary N) is 2. The van der Waals surface area contributed by atoms with Gasteiger partial charge >= 0.3 is 0 Å². The van der Waals surface area contributed by atoms with E-state index >= 15 is 0 Å². The molecule has 1 amide bonds. The van der Waals surface area contributed by atoms with Crippen LogP contribution in [0.3, 0.4) is 0 Å². The fraction of sp³-hybridized carbons (Fsp3) is 0.632. The number of hydrogen-bond donors (Lipinski definition) is 2. The second kappa shape index (κ2) is 7.28. The van der Waals surface area contributed by atoms with Crippen molar-refractivity contribution in [1.29, 1.82) is 0 Å². The molecule has 1 aliphatic rings. The van der Waals surface area contributed by atoms with Crippen LogP contribution >= 0.6 is 0 Å².